The third-order valence-electron chi connectivity index (χ3n) is 13.4. The molecule has 11 heteroatoms. The van der Waals surface area contributed by atoms with Crippen LogP contribution in [0.15, 0.2) is 91.0 Å². The van der Waals surface area contributed by atoms with Crippen LogP contribution >= 0.6 is 0 Å². The number of anilines is 1. The van der Waals surface area contributed by atoms with Crippen molar-refractivity contribution in [2.45, 2.75) is 87.9 Å². The van der Waals surface area contributed by atoms with Gasteiger partial charge in [-0.05, 0) is 59.7 Å². The summed E-state index contributed by atoms with van der Waals surface area (Å²) in [5.74, 6) is 8.76. The van der Waals surface area contributed by atoms with Gasteiger partial charge in [-0.25, -0.2) is 0 Å². The lowest BCUT2D eigenvalue weighted by Gasteiger charge is -2.34. The molecule has 4 heterocycles. The molecule has 11 nitrogen and oxygen atoms in total. The van der Waals surface area contributed by atoms with Gasteiger partial charge in [0.05, 0.1) is 50.4 Å². The highest BCUT2D eigenvalue weighted by atomic mass is 16.5. The van der Waals surface area contributed by atoms with Crippen LogP contribution in [0.5, 0.6) is 28.7 Å². The topological polar surface area (TPSA) is 146 Å². The minimum atomic E-state index is -0.825. The molecule has 1 saturated heterocycles. The number of H-pyrrole nitrogens is 1. The molecule has 4 aromatic carbocycles. The Labute approximate surface area is 381 Å². The summed E-state index contributed by atoms with van der Waals surface area (Å²) < 4.78 is 26.3. The van der Waals surface area contributed by atoms with Crippen LogP contribution in [-0.4, -0.2) is 84.8 Å². The summed E-state index contributed by atoms with van der Waals surface area (Å²) in [6.45, 7) is 4.73. The van der Waals surface area contributed by atoms with Crippen molar-refractivity contribution in [1.29, 1.82) is 0 Å². The number of hydrogen-bond acceptors (Lipinski definition) is 10. The van der Waals surface area contributed by atoms with Crippen LogP contribution in [0.4, 0.5) is 5.82 Å². The maximum atomic E-state index is 14.8. The number of benzene rings is 4. The van der Waals surface area contributed by atoms with Gasteiger partial charge in [0.2, 0.25) is 5.75 Å². The van der Waals surface area contributed by atoms with E-state index in [2.05, 4.69) is 64.3 Å². The standard InChI is InChI=1S/C54H59N3O8/c1-54(23-6-7-24-54)46-32-43-38-13-8-12-36(30-38)31-39(15-18-40-34-57(26-25-55-40)53(43)56-46)47-49-48(44(61)33-45(65-49)37-16-20-41(59)21-17-37)51(52(62-2)50(47)63-28-9-27-58)64-29-22-42(60)19-14-35-10-4-3-5-11-35/h3-5,8,10-14,16-17,19-21,30,32,39-40,42,45,55-56,58-60H,6-7,9,22-29,31,33-34H2,1-2H3/b19-14+/t39-,40+,42+,45?/m1/s1. The smallest absolute Gasteiger partial charge is 0.204 e. The number of rotatable bonds is 14. The number of phenolic OH excluding ortho intramolecular Hbond substituents is 1. The molecule has 1 unspecified atom stereocenters. The van der Waals surface area contributed by atoms with Gasteiger partial charge >= 0.3 is 0 Å². The summed E-state index contributed by atoms with van der Waals surface area (Å²) in [4.78, 5) is 21.1. The quantitative estimate of drug-likeness (QED) is 0.0543. The van der Waals surface area contributed by atoms with Crippen molar-refractivity contribution >= 4 is 17.7 Å². The fraction of sp³-hybridized carbons (Fsp3) is 0.389. The SMILES string of the molecule is COc1c(OCC[C@@H](O)/C=C/c2ccccc2)c2c(c([C@@H]3C#C[C@H]4CN(CCN4)c4[nH]c(C5(C)CCCC5)cc4-c4cccc(c4)C3)c1OCCCO)OC(c1ccc(O)cc1)CC2=O. The molecule has 9 rings (SSSR count). The Hall–Kier alpha value is -6.19. The average Bonchev–Trinajstić information content (AvgIpc) is 3.99. The maximum absolute atomic E-state index is 14.8. The number of aliphatic hydroxyl groups is 2. The van der Waals surface area contributed by atoms with Gasteiger partial charge in [0.1, 0.15) is 29.0 Å². The zero-order valence-corrected chi connectivity index (χ0v) is 37.3. The molecule has 4 aliphatic rings. The van der Waals surface area contributed by atoms with E-state index in [4.69, 9.17) is 18.9 Å². The van der Waals surface area contributed by atoms with Crippen LogP contribution in [0.2, 0.25) is 0 Å². The van der Waals surface area contributed by atoms with E-state index in [-0.39, 0.29) is 72.7 Å². The van der Waals surface area contributed by atoms with Crippen molar-refractivity contribution in [3.8, 4) is 51.7 Å². The van der Waals surface area contributed by atoms with Crippen molar-refractivity contribution in [2.75, 3.05) is 51.5 Å². The number of piperazine rings is 1. The number of methoxy groups -OCH3 is 1. The van der Waals surface area contributed by atoms with E-state index in [0.29, 0.717) is 36.4 Å². The van der Waals surface area contributed by atoms with E-state index < -0.39 is 18.1 Å². The Kier molecular flexibility index (Phi) is 13.2. The lowest BCUT2D eigenvalue weighted by atomic mass is 9.84. The van der Waals surface area contributed by atoms with Gasteiger partial charge in [-0.15, -0.1) is 0 Å². The number of aliphatic hydroxyl groups excluding tert-OH is 2. The van der Waals surface area contributed by atoms with E-state index in [9.17, 15) is 20.1 Å². The average molecular weight is 878 g/mol. The number of ether oxygens (including phenoxy) is 4. The fourth-order valence-corrected chi connectivity index (χ4v) is 9.81. The van der Waals surface area contributed by atoms with Gasteiger partial charge in [-0.1, -0.05) is 110 Å². The van der Waals surface area contributed by atoms with E-state index >= 15 is 0 Å². The second-order valence-electron chi connectivity index (χ2n) is 17.9. The zero-order valence-electron chi connectivity index (χ0n) is 37.3. The highest BCUT2D eigenvalue weighted by Crippen LogP contribution is 2.56. The normalized spacial score (nSPS) is 20.3. The summed E-state index contributed by atoms with van der Waals surface area (Å²) >= 11 is 0. The summed E-state index contributed by atoms with van der Waals surface area (Å²) in [5.41, 5.74) is 7.20. The van der Waals surface area contributed by atoms with Gasteiger partial charge in [-0.3, -0.25) is 4.79 Å². The van der Waals surface area contributed by atoms with E-state index in [0.717, 1.165) is 54.0 Å². The fourth-order valence-electron chi connectivity index (χ4n) is 9.81. The van der Waals surface area contributed by atoms with Crippen molar-refractivity contribution in [1.82, 2.24) is 10.3 Å². The number of carbonyl (C=O) groups excluding carboxylic acids is 1. The Balaban J connectivity index is 1.17. The molecule has 2 fully saturated rings. The first-order valence-corrected chi connectivity index (χ1v) is 23.1. The second-order valence-corrected chi connectivity index (χ2v) is 17.9. The maximum Gasteiger partial charge on any atom is 0.204 e. The molecule has 4 atom stereocenters. The molecule has 338 valence electrons. The first-order chi connectivity index (χ1) is 31.7. The van der Waals surface area contributed by atoms with Crippen LogP contribution < -0.4 is 29.2 Å². The molecule has 5 N–H and O–H groups in total. The largest absolute Gasteiger partial charge is 0.508 e. The Bertz CT molecular complexity index is 2570. The van der Waals surface area contributed by atoms with E-state index in [1.807, 2.05) is 36.4 Å². The van der Waals surface area contributed by atoms with Gasteiger partial charge in [0.15, 0.2) is 17.3 Å². The number of carbonyl (C=O) groups is 1. The molecule has 0 radical (unpaired) electrons. The number of fused-ring (bicyclic) bond motifs is 8. The van der Waals surface area contributed by atoms with Crippen LogP contribution in [0.1, 0.15) is 102 Å². The van der Waals surface area contributed by atoms with Crippen molar-refractivity contribution in [3.63, 3.8) is 0 Å². The molecule has 1 aromatic heterocycles. The third-order valence-corrected chi connectivity index (χ3v) is 13.4. The lowest BCUT2D eigenvalue weighted by molar-refractivity contribution is 0.0835. The number of nitrogens with one attached hydrogen (secondary N) is 2. The molecule has 1 saturated carbocycles. The summed E-state index contributed by atoms with van der Waals surface area (Å²) in [6, 6.07) is 27.3. The van der Waals surface area contributed by atoms with Crippen LogP contribution in [0, 0.1) is 11.8 Å². The Morgan fingerprint density at radius 1 is 0.954 bits per heavy atom. The zero-order chi connectivity index (χ0) is 44.9. The van der Waals surface area contributed by atoms with Crippen molar-refractivity contribution < 1.29 is 39.1 Å². The molecule has 65 heavy (non-hydrogen) atoms. The minimum absolute atomic E-state index is 0.00410. The van der Waals surface area contributed by atoms with Crippen molar-refractivity contribution in [3.05, 3.63) is 125 Å². The number of aromatic nitrogens is 1. The molecular weight excluding hydrogens is 819 g/mol. The lowest BCUT2D eigenvalue weighted by Crippen LogP contribution is -2.50. The van der Waals surface area contributed by atoms with Gasteiger partial charge in [0, 0.05) is 55.8 Å². The number of phenols is 1. The number of nitrogens with zero attached hydrogens (tertiary/aromatic N) is 1. The summed E-state index contributed by atoms with van der Waals surface area (Å²) in [7, 11) is 1.52. The molecule has 3 aliphatic heterocycles. The predicted octanol–water partition coefficient (Wildman–Crippen LogP) is 8.66. The minimum Gasteiger partial charge on any atom is -0.508 e. The first kappa shape index (κ1) is 44.0. The number of Topliss-reactive ketones (excluding diaryl/α,β-unsaturated/α-hetero) is 1. The van der Waals surface area contributed by atoms with Gasteiger partial charge < -0.3 is 49.5 Å². The van der Waals surface area contributed by atoms with Crippen LogP contribution in [0.25, 0.3) is 17.2 Å². The summed E-state index contributed by atoms with van der Waals surface area (Å²) in [5, 5.41) is 34.7. The molecule has 4 bridgehead atoms. The number of hydrogen-bond donors (Lipinski definition) is 5. The first-order valence-electron chi connectivity index (χ1n) is 23.1. The van der Waals surface area contributed by atoms with E-state index in [1.165, 1.54) is 31.2 Å². The summed E-state index contributed by atoms with van der Waals surface area (Å²) in [6.07, 6.45) is 7.89. The Morgan fingerprint density at radius 2 is 1.75 bits per heavy atom. The van der Waals surface area contributed by atoms with Crippen molar-refractivity contribution in [2.24, 2.45) is 0 Å². The molecular formula is C54H59N3O8. The predicted molar refractivity (Wildman–Crippen MR) is 252 cm³/mol. The number of ketones is 1. The molecule has 0 amide bonds. The molecule has 0 spiro atoms. The van der Waals surface area contributed by atoms with E-state index in [1.54, 1.807) is 30.3 Å². The van der Waals surface area contributed by atoms with Gasteiger partial charge in [-0.2, -0.15) is 0 Å². The third kappa shape index (κ3) is 9.48. The highest BCUT2D eigenvalue weighted by molar-refractivity contribution is 6.05. The monoisotopic (exact) mass is 877 g/mol. The number of aromatic hydroxyl groups is 1. The number of aromatic amines is 1. The molecule has 1 aliphatic carbocycles. The second kappa shape index (κ2) is 19.5. The highest BCUT2D eigenvalue weighted by Gasteiger charge is 2.41. The Morgan fingerprint density at radius 3 is 2.54 bits per heavy atom. The van der Waals surface area contributed by atoms with Gasteiger partial charge in [0.25, 0.3) is 0 Å². The van der Waals surface area contributed by atoms with Crippen LogP contribution in [-0.2, 0) is 11.8 Å². The molecule has 5 aromatic rings. The van der Waals surface area contributed by atoms with Crippen LogP contribution in [0.3, 0.4) is 0 Å².